The van der Waals surface area contributed by atoms with Gasteiger partial charge in [-0.1, -0.05) is 37.3 Å². The van der Waals surface area contributed by atoms with Gasteiger partial charge in [0.1, 0.15) is 9.88 Å². The van der Waals surface area contributed by atoms with Crippen LogP contribution < -0.4 is 0 Å². The number of piperidine rings is 1. The quantitative estimate of drug-likeness (QED) is 0.947. The van der Waals surface area contributed by atoms with Gasteiger partial charge in [-0.15, -0.1) is 11.3 Å². The molecule has 0 bridgehead atoms. The lowest BCUT2D eigenvalue weighted by molar-refractivity contribution is 0.0362. The van der Waals surface area contributed by atoms with E-state index in [1.165, 1.54) is 11.3 Å². The van der Waals surface area contributed by atoms with Crippen LogP contribution in [0.4, 0.5) is 0 Å². The van der Waals surface area contributed by atoms with Crippen LogP contribution >= 0.6 is 11.3 Å². The van der Waals surface area contributed by atoms with Gasteiger partial charge in [-0.05, 0) is 18.8 Å². The van der Waals surface area contributed by atoms with Crippen LogP contribution in [0.15, 0.2) is 36.5 Å². The highest BCUT2D eigenvalue weighted by Crippen LogP contribution is 2.29. The Morgan fingerprint density at radius 2 is 2.18 bits per heavy atom. The van der Waals surface area contributed by atoms with Crippen molar-refractivity contribution in [1.82, 2.24) is 9.88 Å². The Bertz CT molecular complexity index is 641. The maximum atomic E-state index is 12.7. The van der Waals surface area contributed by atoms with Gasteiger partial charge in [0.15, 0.2) is 0 Å². The zero-order chi connectivity index (χ0) is 15.5. The van der Waals surface area contributed by atoms with Gasteiger partial charge in [-0.2, -0.15) is 0 Å². The van der Waals surface area contributed by atoms with E-state index >= 15 is 0 Å². The number of carbonyl (C=O) groups excluding carboxylic acids is 1. The van der Waals surface area contributed by atoms with E-state index in [9.17, 15) is 9.90 Å². The number of hydrogen-bond acceptors (Lipinski definition) is 4. The first-order valence-electron chi connectivity index (χ1n) is 7.63. The number of rotatable bonds is 3. The third-order valence-electron chi connectivity index (χ3n) is 4.30. The van der Waals surface area contributed by atoms with Crippen molar-refractivity contribution in [3.63, 3.8) is 0 Å². The molecule has 0 spiro atoms. The Morgan fingerprint density at radius 1 is 1.41 bits per heavy atom. The molecule has 5 heteroatoms. The van der Waals surface area contributed by atoms with Crippen LogP contribution in [-0.2, 0) is 0 Å². The first-order valence-corrected chi connectivity index (χ1v) is 8.45. The van der Waals surface area contributed by atoms with Gasteiger partial charge in [0.25, 0.3) is 5.91 Å². The highest BCUT2D eigenvalue weighted by molar-refractivity contribution is 7.16. The molecule has 22 heavy (non-hydrogen) atoms. The second-order valence-corrected chi connectivity index (χ2v) is 6.79. The highest BCUT2D eigenvalue weighted by Gasteiger charge is 2.32. The predicted molar refractivity (Wildman–Crippen MR) is 87.9 cm³/mol. The van der Waals surface area contributed by atoms with Crippen molar-refractivity contribution in [1.29, 1.82) is 0 Å². The Balaban J connectivity index is 1.82. The molecule has 3 rings (SSSR count). The highest BCUT2D eigenvalue weighted by atomic mass is 32.1. The van der Waals surface area contributed by atoms with Crippen LogP contribution in [0.2, 0.25) is 0 Å². The van der Waals surface area contributed by atoms with Crippen molar-refractivity contribution in [2.75, 3.05) is 13.2 Å². The molecule has 0 aliphatic carbocycles. The van der Waals surface area contributed by atoms with Crippen LogP contribution in [0.5, 0.6) is 0 Å². The average molecular weight is 316 g/mol. The number of aliphatic hydroxyl groups excluding tert-OH is 1. The van der Waals surface area contributed by atoms with Crippen LogP contribution in [-0.4, -0.2) is 40.1 Å². The van der Waals surface area contributed by atoms with Gasteiger partial charge in [0.2, 0.25) is 0 Å². The first kappa shape index (κ1) is 15.2. The number of aliphatic hydroxyl groups is 1. The fraction of sp³-hybridized carbons (Fsp3) is 0.412. The van der Waals surface area contributed by atoms with Gasteiger partial charge in [-0.3, -0.25) is 4.79 Å². The molecule has 1 aliphatic rings. The lowest BCUT2D eigenvalue weighted by atomic mass is 9.91. The molecule has 1 saturated heterocycles. The molecular weight excluding hydrogens is 296 g/mol. The number of hydrogen-bond donors (Lipinski definition) is 1. The van der Waals surface area contributed by atoms with Crippen LogP contribution in [0.3, 0.4) is 0 Å². The maximum absolute atomic E-state index is 12.7. The molecule has 1 aliphatic heterocycles. The van der Waals surface area contributed by atoms with Crippen molar-refractivity contribution in [2.24, 2.45) is 5.92 Å². The number of amides is 1. The zero-order valence-corrected chi connectivity index (χ0v) is 13.4. The molecule has 2 aromatic rings. The van der Waals surface area contributed by atoms with Gasteiger partial charge >= 0.3 is 0 Å². The zero-order valence-electron chi connectivity index (χ0n) is 12.6. The number of benzene rings is 1. The molecule has 1 amide bonds. The standard InChI is InChI=1S/C17H20N2O2S/c1-12-6-5-9-19(14(12)11-20)17(21)15-10-18-16(22-15)13-7-3-2-4-8-13/h2-4,7-8,10,12,14,20H,5-6,9,11H2,1H3. The third-order valence-corrected chi connectivity index (χ3v) is 5.34. The normalized spacial score (nSPS) is 21.8. The summed E-state index contributed by atoms with van der Waals surface area (Å²) in [6.07, 6.45) is 3.71. The summed E-state index contributed by atoms with van der Waals surface area (Å²) < 4.78 is 0. The molecule has 1 fully saturated rings. The lowest BCUT2D eigenvalue weighted by Crippen LogP contribution is -2.49. The monoisotopic (exact) mass is 316 g/mol. The van der Waals surface area contributed by atoms with Gasteiger partial charge in [0, 0.05) is 12.1 Å². The number of carbonyl (C=O) groups is 1. The summed E-state index contributed by atoms with van der Waals surface area (Å²) in [6.45, 7) is 2.84. The predicted octanol–water partition coefficient (Wildman–Crippen LogP) is 3.04. The fourth-order valence-corrected chi connectivity index (χ4v) is 3.89. The third kappa shape index (κ3) is 2.91. The second kappa shape index (κ2) is 6.58. The Labute approximate surface area is 134 Å². The molecule has 0 radical (unpaired) electrons. The lowest BCUT2D eigenvalue weighted by Gasteiger charge is -2.38. The van der Waals surface area contributed by atoms with E-state index in [0.29, 0.717) is 17.3 Å². The molecule has 1 N–H and O–H groups in total. The number of thiazole rings is 1. The minimum absolute atomic E-state index is 0.00900. The van der Waals surface area contributed by atoms with E-state index in [0.717, 1.165) is 23.4 Å². The summed E-state index contributed by atoms with van der Waals surface area (Å²) in [7, 11) is 0. The van der Waals surface area contributed by atoms with Crippen molar-refractivity contribution >= 4 is 17.2 Å². The van der Waals surface area contributed by atoms with Crippen molar-refractivity contribution in [2.45, 2.75) is 25.8 Å². The van der Waals surface area contributed by atoms with Gasteiger partial charge in [0.05, 0.1) is 18.8 Å². The van der Waals surface area contributed by atoms with Gasteiger partial charge < -0.3 is 10.0 Å². The van der Waals surface area contributed by atoms with Crippen LogP contribution in [0.25, 0.3) is 10.6 Å². The molecule has 2 heterocycles. The van der Waals surface area contributed by atoms with Crippen molar-refractivity contribution < 1.29 is 9.90 Å². The molecule has 4 nitrogen and oxygen atoms in total. The minimum Gasteiger partial charge on any atom is -0.394 e. The molecule has 2 unspecified atom stereocenters. The van der Waals surface area contributed by atoms with Crippen LogP contribution in [0, 0.1) is 5.92 Å². The molecule has 2 atom stereocenters. The van der Waals surface area contributed by atoms with Crippen molar-refractivity contribution in [3.05, 3.63) is 41.4 Å². The van der Waals surface area contributed by atoms with Crippen molar-refractivity contribution in [3.8, 4) is 10.6 Å². The summed E-state index contributed by atoms with van der Waals surface area (Å²) in [5.74, 6) is 0.328. The Morgan fingerprint density at radius 3 is 2.91 bits per heavy atom. The minimum atomic E-state index is -0.0801. The molecular formula is C17H20N2O2S. The number of nitrogens with zero attached hydrogens (tertiary/aromatic N) is 2. The van der Waals surface area contributed by atoms with E-state index in [-0.39, 0.29) is 18.6 Å². The Hall–Kier alpha value is -1.72. The van der Waals surface area contributed by atoms with Gasteiger partial charge in [-0.25, -0.2) is 4.98 Å². The fourth-order valence-electron chi connectivity index (χ4n) is 3.01. The van der Waals surface area contributed by atoms with Crippen LogP contribution in [0.1, 0.15) is 29.4 Å². The topological polar surface area (TPSA) is 53.4 Å². The average Bonchev–Trinajstić information content (AvgIpc) is 3.05. The van der Waals surface area contributed by atoms with E-state index in [4.69, 9.17) is 0 Å². The molecule has 1 aromatic carbocycles. The number of aromatic nitrogens is 1. The number of likely N-dealkylation sites (tertiary alicyclic amines) is 1. The molecule has 116 valence electrons. The largest absolute Gasteiger partial charge is 0.394 e. The molecule has 0 saturated carbocycles. The van der Waals surface area contributed by atoms with E-state index in [1.807, 2.05) is 35.2 Å². The summed E-state index contributed by atoms with van der Waals surface area (Å²) >= 11 is 1.42. The molecule has 1 aromatic heterocycles. The smallest absolute Gasteiger partial charge is 0.265 e. The SMILES string of the molecule is CC1CCCN(C(=O)c2cnc(-c3ccccc3)s2)C1CO. The first-order chi connectivity index (χ1) is 10.7. The maximum Gasteiger partial charge on any atom is 0.265 e. The summed E-state index contributed by atoms with van der Waals surface area (Å²) in [4.78, 5) is 19.6. The Kier molecular flexibility index (Phi) is 4.55. The summed E-state index contributed by atoms with van der Waals surface area (Å²) in [5, 5.41) is 10.5. The van der Waals surface area contributed by atoms with E-state index in [2.05, 4.69) is 11.9 Å². The summed E-state index contributed by atoms with van der Waals surface area (Å²) in [5.41, 5.74) is 1.03. The van der Waals surface area contributed by atoms with E-state index in [1.54, 1.807) is 6.20 Å². The van der Waals surface area contributed by atoms with E-state index < -0.39 is 0 Å². The summed E-state index contributed by atoms with van der Waals surface area (Å²) in [6, 6.07) is 9.80. The second-order valence-electron chi connectivity index (χ2n) is 5.76.